The Hall–Kier alpha value is -1.21. The van der Waals surface area contributed by atoms with Crippen molar-refractivity contribution in [1.82, 2.24) is 10.2 Å². The molecule has 2 fully saturated rings. The van der Waals surface area contributed by atoms with Crippen molar-refractivity contribution >= 4 is 28.6 Å². The molecule has 1 saturated carbocycles. The molecule has 1 saturated heterocycles. The van der Waals surface area contributed by atoms with Gasteiger partial charge in [-0.3, -0.25) is 9.69 Å². The monoisotopic (exact) mass is 362 g/mol. The maximum absolute atomic E-state index is 12.7. The quantitative estimate of drug-likeness (QED) is 0.855. The zero-order valence-corrected chi connectivity index (χ0v) is 15.2. The van der Waals surface area contributed by atoms with E-state index >= 15 is 0 Å². The lowest BCUT2D eigenvalue weighted by atomic mass is 10.1. The highest BCUT2D eigenvalue weighted by Gasteiger charge is 2.30. The third-order valence-electron chi connectivity index (χ3n) is 4.73. The van der Waals surface area contributed by atoms with E-state index in [1.54, 1.807) is 22.7 Å². The van der Waals surface area contributed by atoms with E-state index in [9.17, 15) is 4.79 Å². The van der Waals surface area contributed by atoms with Crippen LogP contribution in [0.2, 0.25) is 0 Å². The molecule has 0 radical (unpaired) electrons. The third-order valence-corrected chi connectivity index (χ3v) is 6.64. The second-order valence-electron chi connectivity index (χ2n) is 6.37. The number of rotatable bonds is 6. The van der Waals surface area contributed by atoms with Crippen molar-refractivity contribution < 1.29 is 9.53 Å². The van der Waals surface area contributed by atoms with Crippen LogP contribution in [0.4, 0.5) is 0 Å². The van der Waals surface area contributed by atoms with Gasteiger partial charge in [0.15, 0.2) is 0 Å². The van der Waals surface area contributed by atoms with E-state index in [4.69, 9.17) is 4.74 Å². The number of hydrogen-bond acceptors (Lipinski definition) is 5. The van der Waals surface area contributed by atoms with E-state index in [0.29, 0.717) is 12.5 Å². The van der Waals surface area contributed by atoms with E-state index in [-0.39, 0.29) is 11.9 Å². The van der Waals surface area contributed by atoms with Gasteiger partial charge in [-0.1, -0.05) is 6.07 Å². The van der Waals surface area contributed by atoms with Crippen LogP contribution in [0.1, 0.15) is 44.9 Å². The average Bonchev–Trinajstić information content (AvgIpc) is 3.12. The van der Waals surface area contributed by atoms with Crippen LogP contribution in [0.3, 0.4) is 0 Å². The van der Waals surface area contributed by atoms with Gasteiger partial charge in [-0.2, -0.15) is 0 Å². The number of carbonyl (C=O) groups is 1. The van der Waals surface area contributed by atoms with Crippen molar-refractivity contribution in [2.75, 3.05) is 32.8 Å². The zero-order valence-electron chi connectivity index (χ0n) is 13.6. The molecule has 128 valence electrons. The molecular formula is C18H22N2O2S2. The van der Waals surface area contributed by atoms with Gasteiger partial charge in [0.1, 0.15) is 0 Å². The Morgan fingerprint density at radius 3 is 2.79 bits per heavy atom. The summed E-state index contributed by atoms with van der Waals surface area (Å²) in [5.41, 5.74) is 1.25. The van der Waals surface area contributed by atoms with Gasteiger partial charge in [0.05, 0.1) is 24.1 Å². The van der Waals surface area contributed by atoms with Crippen LogP contribution in [0.25, 0.3) is 0 Å². The molecule has 1 N–H and O–H groups in total. The number of morpholine rings is 1. The van der Waals surface area contributed by atoms with Gasteiger partial charge in [0, 0.05) is 24.5 Å². The SMILES string of the molecule is O=C(NCC(c1cccs1)N1CCOCC1)c1sccc1C1CC1. The summed E-state index contributed by atoms with van der Waals surface area (Å²) in [6.07, 6.45) is 2.45. The van der Waals surface area contributed by atoms with Gasteiger partial charge in [-0.05, 0) is 47.2 Å². The van der Waals surface area contributed by atoms with Crippen molar-refractivity contribution in [2.45, 2.75) is 24.8 Å². The van der Waals surface area contributed by atoms with Gasteiger partial charge in [-0.25, -0.2) is 0 Å². The summed E-state index contributed by atoms with van der Waals surface area (Å²) in [7, 11) is 0. The molecule has 1 atom stereocenters. The summed E-state index contributed by atoms with van der Waals surface area (Å²) in [6, 6.07) is 6.61. The lowest BCUT2D eigenvalue weighted by Crippen LogP contribution is -2.43. The highest BCUT2D eigenvalue weighted by Crippen LogP contribution is 2.43. The molecule has 4 nitrogen and oxygen atoms in total. The van der Waals surface area contributed by atoms with Crippen molar-refractivity contribution in [3.05, 3.63) is 44.3 Å². The number of nitrogens with zero attached hydrogens (tertiary/aromatic N) is 1. The number of nitrogens with one attached hydrogen (secondary N) is 1. The number of ether oxygens (including phenoxy) is 1. The van der Waals surface area contributed by atoms with E-state index in [2.05, 4.69) is 33.8 Å². The smallest absolute Gasteiger partial charge is 0.261 e. The Balaban J connectivity index is 1.44. The van der Waals surface area contributed by atoms with Crippen LogP contribution in [0.15, 0.2) is 29.0 Å². The molecule has 2 aliphatic rings. The second kappa shape index (κ2) is 7.35. The van der Waals surface area contributed by atoms with Crippen LogP contribution in [-0.4, -0.2) is 43.7 Å². The van der Waals surface area contributed by atoms with E-state index < -0.39 is 0 Å². The van der Waals surface area contributed by atoms with E-state index in [0.717, 1.165) is 31.2 Å². The summed E-state index contributed by atoms with van der Waals surface area (Å²) in [4.78, 5) is 17.3. The molecule has 1 amide bonds. The van der Waals surface area contributed by atoms with Gasteiger partial charge in [0.2, 0.25) is 0 Å². The minimum atomic E-state index is 0.0849. The van der Waals surface area contributed by atoms with Gasteiger partial charge < -0.3 is 10.1 Å². The Bertz CT molecular complexity index is 673. The predicted molar refractivity (Wildman–Crippen MR) is 98.1 cm³/mol. The second-order valence-corrected chi connectivity index (χ2v) is 8.26. The van der Waals surface area contributed by atoms with Crippen LogP contribution in [0.5, 0.6) is 0 Å². The zero-order chi connectivity index (χ0) is 16.4. The molecule has 1 unspecified atom stereocenters. The van der Waals surface area contributed by atoms with Crippen molar-refractivity contribution in [3.8, 4) is 0 Å². The summed E-state index contributed by atoms with van der Waals surface area (Å²) < 4.78 is 5.48. The maximum Gasteiger partial charge on any atom is 0.261 e. The van der Waals surface area contributed by atoms with Crippen molar-refractivity contribution in [2.24, 2.45) is 0 Å². The van der Waals surface area contributed by atoms with Gasteiger partial charge in [0.25, 0.3) is 5.91 Å². The molecule has 1 aliphatic carbocycles. The van der Waals surface area contributed by atoms with Crippen molar-refractivity contribution in [1.29, 1.82) is 0 Å². The molecule has 6 heteroatoms. The summed E-state index contributed by atoms with van der Waals surface area (Å²) >= 11 is 3.33. The van der Waals surface area contributed by atoms with Gasteiger partial charge >= 0.3 is 0 Å². The molecule has 2 aromatic rings. The highest BCUT2D eigenvalue weighted by atomic mass is 32.1. The topological polar surface area (TPSA) is 41.6 Å². The van der Waals surface area contributed by atoms with Crippen LogP contribution >= 0.6 is 22.7 Å². The fraction of sp³-hybridized carbons (Fsp3) is 0.500. The Kier molecular flexibility index (Phi) is 4.98. The number of amides is 1. The van der Waals surface area contributed by atoms with Crippen molar-refractivity contribution in [3.63, 3.8) is 0 Å². The largest absolute Gasteiger partial charge is 0.379 e. The first-order valence-corrected chi connectivity index (χ1v) is 10.3. The molecular weight excluding hydrogens is 340 g/mol. The first kappa shape index (κ1) is 16.3. The first-order chi connectivity index (χ1) is 11.8. The molecule has 1 aliphatic heterocycles. The first-order valence-electron chi connectivity index (χ1n) is 8.53. The molecule has 24 heavy (non-hydrogen) atoms. The Morgan fingerprint density at radius 2 is 2.08 bits per heavy atom. The lowest BCUT2D eigenvalue weighted by molar-refractivity contribution is 0.0169. The number of hydrogen-bond donors (Lipinski definition) is 1. The Morgan fingerprint density at radius 1 is 1.25 bits per heavy atom. The van der Waals surface area contributed by atoms with Gasteiger partial charge in [-0.15, -0.1) is 22.7 Å². The highest BCUT2D eigenvalue weighted by molar-refractivity contribution is 7.12. The van der Waals surface area contributed by atoms with Crippen LogP contribution in [-0.2, 0) is 4.74 Å². The third kappa shape index (κ3) is 3.57. The van der Waals surface area contributed by atoms with Crippen LogP contribution < -0.4 is 5.32 Å². The number of thiophene rings is 2. The molecule has 3 heterocycles. The summed E-state index contributed by atoms with van der Waals surface area (Å²) in [6.45, 7) is 4.04. The Labute approximate surface area is 150 Å². The molecule has 0 spiro atoms. The van der Waals surface area contributed by atoms with E-state index in [1.165, 1.54) is 23.3 Å². The van der Waals surface area contributed by atoms with Crippen LogP contribution in [0, 0.1) is 0 Å². The fourth-order valence-electron chi connectivity index (χ4n) is 3.27. The molecule has 0 bridgehead atoms. The summed E-state index contributed by atoms with van der Waals surface area (Å²) in [5.74, 6) is 0.700. The standard InChI is InChI=1S/C18H22N2O2S2/c21-18(17-14(5-11-24-17)13-3-4-13)19-12-15(16-2-1-10-23-16)20-6-8-22-9-7-20/h1-2,5,10-11,13,15H,3-4,6-9,12H2,(H,19,21). The normalized spacial score (nSPS) is 20.0. The minimum absolute atomic E-state index is 0.0849. The molecule has 2 aromatic heterocycles. The fourth-order valence-corrected chi connectivity index (χ4v) is 5.03. The van der Waals surface area contributed by atoms with E-state index in [1.807, 2.05) is 5.38 Å². The maximum atomic E-state index is 12.7. The predicted octanol–water partition coefficient (Wildman–Crippen LogP) is 3.49. The minimum Gasteiger partial charge on any atom is -0.379 e. The number of carbonyl (C=O) groups excluding carboxylic acids is 1. The summed E-state index contributed by atoms with van der Waals surface area (Å²) in [5, 5.41) is 7.34. The molecule has 4 rings (SSSR count). The average molecular weight is 363 g/mol. The molecule has 0 aromatic carbocycles. The lowest BCUT2D eigenvalue weighted by Gasteiger charge is -2.34.